The number of fused-ring (bicyclic) bond motifs is 1. The second-order valence-corrected chi connectivity index (χ2v) is 5.95. The van der Waals surface area contributed by atoms with E-state index in [2.05, 4.69) is 36.8 Å². The van der Waals surface area contributed by atoms with E-state index in [1.54, 1.807) is 12.1 Å². The Hall–Kier alpha value is -1.14. The van der Waals surface area contributed by atoms with Crippen molar-refractivity contribution in [3.8, 4) is 5.75 Å². The van der Waals surface area contributed by atoms with Crippen LogP contribution in [0.2, 0.25) is 0 Å². The van der Waals surface area contributed by atoms with E-state index in [-0.39, 0.29) is 11.4 Å². The number of ether oxygens (including phenoxy) is 1. The van der Waals surface area contributed by atoms with Crippen LogP contribution in [0.3, 0.4) is 0 Å². The Balaban J connectivity index is 2.42. The summed E-state index contributed by atoms with van der Waals surface area (Å²) in [7, 11) is 0. The zero-order valence-corrected chi connectivity index (χ0v) is 14.0. The summed E-state index contributed by atoms with van der Waals surface area (Å²) in [5.74, 6) is -0.765. The van der Waals surface area contributed by atoms with Gasteiger partial charge in [-0.15, -0.1) is 0 Å². The first-order chi connectivity index (χ1) is 9.54. The number of aromatic nitrogens is 1. The topological polar surface area (TPSA) is 59.4 Å². The van der Waals surface area contributed by atoms with Crippen LogP contribution in [0.1, 0.15) is 30.3 Å². The Morgan fingerprint density at radius 1 is 1.35 bits per heavy atom. The van der Waals surface area contributed by atoms with Crippen molar-refractivity contribution in [1.29, 1.82) is 0 Å². The molecule has 0 aliphatic rings. The fourth-order valence-corrected chi connectivity index (χ4v) is 2.62. The molecule has 2 aromatic rings. The van der Waals surface area contributed by atoms with Gasteiger partial charge in [0.25, 0.3) is 0 Å². The van der Waals surface area contributed by atoms with Crippen LogP contribution < -0.4 is 0 Å². The maximum Gasteiger partial charge on any atom is 0.360 e. The average molecular weight is 403 g/mol. The quantitative estimate of drug-likeness (QED) is 0.467. The van der Waals surface area contributed by atoms with Gasteiger partial charge in [0.15, 0.2) is 11.4 Å². The molecule has 106 valence electrons. The summed E-state index contributed by atoms with van der Waals surface area (Å²) in [6.45, 7) is 2.33. The van der Waals surface area contributed by atoms with Crippen molar-refractivity contribution in [3.63, 3.8) is 0 Å². The Morgan fingerprint density at radius 2 is 2.10 bits per heavy atom. The first kappa shape index (κ1) is 15.3. The SMILES string of the molecule is CCCCOC(=O)c1nc(Br)c2cc(Br)ccc2c1O. The number of carbonyl (C=O) groups is 1. The van der Waals surface area contributed by atoms with Gasteiger partial charge in [-0.05, 0) is 40.5 Å². The van der Waals surface area contributed by atoms with E-state index in [0.29, 0.717) is 16.6 Å². The first-order valence-corrected chi connectivity index (χ1v) is 7.78. The van der Waals surface area contributed by atoms with Crippen molar-refractivity contribution in [2.24, 2.45) is 0 Å². The normalized spacial score (nSPS) is 10.8. The molecule has 0 spiro atoms. The van der Waals surface area contributed by atoms with Crippen LogP contribution >= 0.6 is 31.9 Å². The Kier molecular flexibility index (Phi) is 4.99. The van der Waals surface area contributed by atoms with E-state index in [9.17, 15) is 9.90 Å². The summed E-state index contributed by atoms with van der Waals surface area (Å²) in [5.41, 5.74) is -0.0669. The minimum atomic E-state index is -0.610. The van der Waals surface area contributed by atoms with E-state index < -0.39 is 5.97 Å². The van der Waals surface area contributed by atoms with Crippen LogP contribution in [0.5, 0.6) is 5.75 Å². The number of hydrogen-bond donors (Lipinski definition) is 1. The molecule has 0 unspecified atom stereocenters. The highest BCUT2D eigenvalue weighted by Crippen LogP contribution is 2.34. The maximum absolute atomic E-state index is 11.9. The molecule has 0 atom stereocenters. The lowest BCUT2D eigenvalue weighted by Gasteiger charge is -2.09. The third kappa shape index (κ3) is 3.12. The maximum atomic E-state index is 11.9. The summed E-state index contributed by atoms with van der Waals surface area (Å²) in [6, 6.07) is 5.34. The minimum Gasteiger partial charge on any atom is -0.505 e. The summed E-state index contributed by atoms with van der Waals surface area (Å²) < 4.78 is 6.45. The lowest BCUT2D eigenvalue weighted by molar-refractivity contribution is 0.0489. The van der Waals surface area contributed by atoms with Crippen LogP contribution in [0.25, 0.3) is 10.8 Å². The second kappa shape index (κ2) is 6.54. The van der Waals surface area contributed by atoms with Crippen LogP contribution in [0.4, 0.5) is 0 Å². The van der Waals surface area contributed by atoms with Crippen LogP contribution in [0.15, 0.2) is 27.3 Å². The number of rotatable bonds is 4. The summed E-state index contributed by atoms with van der Waals surface area (Å²) >= 11 is 6.67. The lowest BCUT2D eigenvalue weighted by Crippen LogP contribution is -2.09. The van der Waals surface area contributed by atoms with Gasteiger partial charge in [-0.25, -0.2) is 9.78 Å². The molecule has 4 nitrogen and oxygen atoms in total. The summed E-state index contributed by atoms with van der Waals surface area (Å²) in [6.07, 6.45) is 1.72. The number of nitrogens with zero attached hydrogens (tertiary/aromatic N) is 1. The Bertz CT molecular complexity index is 658. The second-order valence-electron chi connectivity index (χ2n) is 4.28. The first-order valence-electron chi connectivity index (χ1n) is 6.19. The molecule has 0 aliphatic heterocycles. The molecule has 0 bridgehead atoms. The number of unbranched alkanes of at least 4 members (excludes halogenated alkanes) is 1. The fraction of sp³-hybridized carbons (Fsp3) is 0.286. The van der Waals surface area contributed by atoms with E-state index in [0.717, 1.165) is 22.7 Å². The zero-order valence-electron chi connectivity index (χ0n) is 10.8. The van der Waals surface area contributed by atoms with Gasteiger partial charge >= 0.3 is 5.97 Å². The highest BCUT2D eigenvalue weighted by molar-refractivity contribution is 9.11. The van der Waals surface area contributed by atoms with E-state index in [4.69, 9.17) is 4.74 Å². The Labute approximate surface area is 133 Å². The van der Waals surface area contributed by atoms with E-state index in [1.165, 1.54) is 0 Å². The molecule has 0 amide bonds. The van der Waals surface area contributed by atoms with Crippen molar-refractivity contribution in [3.05, 3.63) is 33.0 Å². The van der Waals surface area contributed by atoms with Crippen LogP contribution in [-0.4, -0.2) is 22.7 Å². The van der Waals surface area contributed by atoms with Gasteiger partial charge in [0.1, 0.15) is 4.60 Å². The molecular formula is C14H13Br2NO3. The molecule has 0 radical (unpaired) electrons. The average Bonchev–Trinajstić information content (AvgIpc) is 2.42. The van der Waals surface area contributed by atoms with Crippen LogP contribution in [0, 0.1) is 0 Å². The smallest absolute Gasteiger partial charge is 0.360 e. The molecule has 2 rings (SSSR count). The molecule has 0 saturated heterocycles. The van der Waals surface area contributed by atoms with Gasteiger partial charge in [0, 0.05) is 15.2 Å². The molecule has 1 aromatic heterocycles. The molecular weight excluding hydrogens is 390 g/mol. The standard InChI is InChI=1S/C14H13Br2NO3/c1-2-3-6-20-14(19)11-12(18)9-5-4-8(15)7-10(9)13(16)17-11/h4-5,7,18H,2-3,6H2,1H3. The van der Waals surface area contributed by atoms with Crippen molar-refractivity contribution in [1.82, 2.24) is 4.98 Å². The van der Waals surface area contributed by atoms with E-state index >= 15 is 0 Å². The minimum absolute atomic E-state index is 0.0669. The predicted molar refractivity (Wildman–Crippen MR) is 84.0 cm³/mol. The third-order valence-electron chi connectivity index (χ3n) is 2.82. The number of pyridine rings is 1. The van der Waals surface area contributed by atoms with E-state index in [1.807, 2.05) is 13.0 Å². The largest absolute Gasteiger partial charge is 0.505 e. The third-order valence-corrected chi connectivity index (χ3v) is 3.92. The fourth-order valence-electron chi connectivity index (χ4n) is 1.75. The van der Waals surface area contributed by atoms with Crippen molar-refractivity contribution >= 4 is 48.6 Å². The predicted octanol–water partition coefficient (Wildman–Crippen LogP) is 4.42. The molecule has 1 heterocycles. The molecule has 0 fully saturated rings. The van der Waals surface area contributed by atoms with Gasteiger partial charge in [-0.1, -0.05) is 29.3 Å². The molecule has 20 heavy (non-hydrogen) atoms. The highest BCUT2D eigenvalue weighted by Gasteiger charge is 2.19. The van der Waals surface area contributed by atoms with Crippen molar-refractivity contribution in [2.75, 3.05) is 6.61 Å². The number of hydrogen-bond acceptors (Lipinski definition) is 4. The van der Waals surface area contributed by atoms with Gasteiger partial charge in [0.05, 0.1) is 6.61 Å². The zero-order chi connectivity index (χ0) is 14.7. The number of esters is 1. The lowest BCUT2D eigenvalue weighted by atomic mass is 10.1. The van der Waals surface area contributed by atoms with Gasteiger partial charge in [-0.2, -0.15) is 0 Å². The van der Waals surface area contributed by atoms with Crippen LogP contribution in [-0.2, 0) is 4.74 Å². The van der Waals surface area contributed by atoms with Gasteiger partial charge < -0.3 is 9.84 Å². The molecule has 0 saturated carbocycles. The molecule has 0 aliphatic carbocycles. The number of aromatic hydroxyl groups is 1. The van der Waals surface area contributed by atoms with Crippen molar-refractivity contribution in [2.45, 2.75) is 19.8 Å². The molecule has 1 aromatic carbocycles. The summed E-state index contributed by atoms with van der Waals surface area (Å²) in [4.78, 5) is 16.0. The van der Waals surface area contributed by atoms with Gasteiger partial charge in [0.2, 0.25) is 0 Å². The van der Waals surface area contributed by atoms with Gasteiger partial charge in [-0.3, -0.25) is 0 Å². The number of benzene rings is 1. The number of carbonyl (C=O) groups excluding carboxylic acids is 1. The molecule has 6 heteroatoms. The summed E-state index contributed by atoms with van der Waals surface area (Å²) in [5, 5.41) is 11.5. The monoisotopic (exact) mass is 401 g/mol. The van der Waals surface area contributed by atoms with Crippen molar-refractivity contribution < 1.29 is 14.6 Å². The highest BCUT2D eigenvalue weighted by atomic mass is 79.9. The molecule has 1 N–H and O–H groups in total. The number of halogens is 2. The Morgan fingerprint density at radius 3 is 2.80 bits per heavy atom.